The Balaban J connectivity index is 1.68. The maximum atomic E-state index is 12.0. The number of amides is 2. The molecule has 170 valence electrons. The van der Waals surface area contributed by atoms with E-state index >= 15 is 0 Å². The first-order valence-corrected chi connectivity index (χ1v) is 10.2. The van der Waals surface area contributed by atoms with Gasteiger partial charge < -0.3 is 24.8 Å². The zero-order valence-electron chi connectivity index (χ0n) is 18.0. The standard InChI is InChI=1S/C23H26N2O7/c1-3-30-19-11-9-18(10-12-19)25-21(27)15-32-22(28)14-13-20(26)24-17-7-5-16(6-8-17)23(29)31-4-2/h5-12H,3-4,13-15H2,1-2H3,(H,24,26)(H,25,27). The van der Waals surface area contributed by atoms with Gasteiger partial charge in [0.15, 0.2) is 6.61 Å². The minimum atomic E-state index is -0.667. The molecule has 2 aromatic rings. The molecular weight excluding hydrogens is 416 g/mol. The van der Waals surface area contributed by atoms with Crippen LogP contribution in [0.5, 0.6) is 5.75 Å². The largest absolute Gasteiger partial charge is 0.494 e. The van der Waals surface area contributed by atoms with Crippen LogP contribution in [0.15, 0.2) is 48.5 Å². The molecule has 2 rings (SSSR count). The second-order valence-corrected chi connectivity index (χ2v) is 6.51. The Kier molecular flexibility index (Phi) is 9.70. The quantitative estimate of drug-likeness (QED) is 0.513. The summed E-state index contributed by atoms with van der Waals surface area (Å²) in [5.74, 6) is -1.32. The van der Waals surface area contributed by atoms with E-state index < -0.39 is 30.4 Å². The number of hydrogen-bond donors (Lipinski definition) is 2. The van der Waals surface area contributed by atoms with Crippen molar-refractivity contribution in [1.29, 1.82) is 0 Å². The average molecular weight is 442 g/mol. The summed E-state index contributed by atoms with van der Waals surface area (Å²) >= 11 is 0. The predicted molar refractivity (Wildman–Crippen MR) is 117 cm³/mol. The summed E-state index contributed by atoms with van der Waals surface area (Å²) in [6.07, 6.45) is -0.290. The molecule has 0 saturated heterocycles. The normalized spacial score (nSPS) is 10.1. The highest BCUT2D eigenvalue weighted by atomic mass is 16.5. The third kappa shape index (κ3) is 8.47. The van der Waals surface area contributed by atoms with E-state index in [0.29, 0.717) is 29.3 Å². The molecule has 0 bridgehead atoms. The van der Waals surface area contributed by atoms with Gasteiger partial charge in [-0.25, -0.2) is 4.79 Å². The number of hydrogen-bond acceptors (Lipinski definition) is 7. The summed E-state index contributed by atoms with van der Waals surface area (Å²) in [6.45, 7) is 3.95. The predicted octanol–water partition coefficient (Wildman–Crippen LogP) is 3.16. The first-order chi connectivity index (χ1) is 15.4. The van der Waals surface area contributed by atoms with Gasteiger partial charge in [-0.3, -0.25) is 14.4 Å². The summed E-state index contributed by atoms with van der Waals surface area (Å²) < 4.78 is 15.1. The lowest BCUT2D eigenvalue weighted by Crippen LogP contribution is -2.21. The molecule has 2 N–H and O–H groups in total. The van der Waals surface area contributed by atoms with E-state index in [1.165, 1.54) is 12.1 Å². The van der Waals surface area contributed by atoms with Crippen LogP contribution in [0.2, 0.25) is 0 Å². The highest BCUT2D eigenvalue weighted by Crippen LogP contribution is 2.15. The topological polar surface area (TPSA) is 120 Å². The van der Waals surface area contributed by atoms with E-state index in [-0.39, 0.29) is 19.4 Å². The summed E-state index contributed by atoms with van der Waals surface area (Å²) in [5, 5.41) is 5.22. The Morgan fingerprint density at radius 3 is 1.91 bits per heavy atom. The van der Waals surface area contributed by atoms with Crippen LogP contribution in [0.4, 0.5) is 11.4 Å². The van der Waals surface area contributed by atoms with Crippen LogP contribution in [0.25, 0.3) is 0 Å². The Hall–Kier alpha value is -3.88. The number of carbonyl (C=O) groups excluding carboxylic acids is 4. The van der Waals surface area contributed by atoms with Gasteiger partial charge in [0.1, 0.15) is 5.75 Å². The molecule has 0 aromatic heterocycles. The second-order valence-electron chi connectivity index (χ2n) is 6.51. The Bertz CT molecular complexity index is 924. The van der Waals surface area contributed by atoms with E-state index in [1.54, 1.807) is 43.3 Å². The Morgan fingerprint density at radius 1 is 0.719 bits per heavy atom. The molecule has 0 saturated carbocycles. The van der Waals surface area contributed by atoms with Gasteiger partial charge in [0.25, 0.3) is 5.91 Å². The summed E-state index contributed by atoms with van der Waals surface area (Å²) in [6, 6.07) is 13.0. The van der Waals surface area contributed by atoms with Crippen molar-refractivity contribution < 1.29 is 33.4 Å². The van der Waals surface area contributed by atoms with Crippen molar-refractivity contribution in [2.45, 2.75) is 26.7 Å². The van der Waals surface area contributed by atoms with E-state index in [1.807, 2.05) is 6.92 Å². The summed E-state index contributed by atoms with van der Waals surface area (Å²) in [4.78, 5) is 47.3. The number of benzene rings is 2. The molecule has 0 unspecified atom stereocenters. The van der Waals surface area contributed by atoms with Crippen LogP contribution in [0.1, 0.15) is 37.0 Å². The molecule has 9 nitrogen and oxygen atoms in total. The van der Waals surface area contributed by atoms with Crippen LogP contribution in [-0.4, -0.2) is 43.6 Å². The van der Waals surface area contributed by atoms with Gasteiger partial charge in [-0.1, -0.05) is 0 Å². The zero-order chi connectivity index (χ0) is 23.3. The average Bonchev–Trinajstić information content (AvgIpc) is 2.78. The lowest BCUT2D eigenvalue weighted by Gasteiger charge is -2.08. The van der Waals surface area contributed by atoms with Gasteiger partial charge in [-0.2, -0.15) is 0 Å². The minimum Gasteiger partial charge on any atom is -0.494 e. The molecule has 0 spiro atoms. The highest BCUT2D eigenvalue weighted by Gasteiger charge is 2.12. The molecule has 2 amide bonds. The summed E-state index contributed by atoms with van der Waals surface area (Å²) in [7, 11) is 0. The second kappa shape index (κ2) is 12.7. The number of rotatable bonds is 11. The molecule has 2 aromatic carbocycles. The van der Waals surface area contributed by atoms with Crippen LogP contribution in [0, 0.1) is 0 Å². The molecule has 0 heterocycles. The van der Waals surface area contributed by atoms with Gasteiger partial charge in [0, 0.05) is 17.8 Å². The first kappa shape index (κ1) is 24.4. The van der Waals surface area contributed by atoms with Gasteiger partial charge in [-0.05, 0) is 62.4 Å². The lowest BCUT2D eigenvalue weighted by atomic mass is 10.2. The number of anilines is 2. The number of esters is 2. The molecule has 0 aliphatic heterocycles. The van der Waals surface area contributed by atoms with Crippen LogP contribution < -0.4 is 15.4 Å². The summed E-state index contributed by atoms with van der Waals surface area (Å²) in [5.41, 5.74) is 1.39. The Morgan fingerprint density at radius 2 is 1.31 bits per heavy atom. The number of nitrogens with one attached hydrogen (secondary N) is 2. The fourth-order valence-corrected chi connectivity index (χ4v) is 2.56. The van der Waals surface area contributed by atoms with E-state index in [9.17, 15) is 19.2 Å². The van der Waals surface area contributed by atoms with E-state index in [4.69, 9.17) is 14.2 Å². The van der Waals surface area contributed by atoms with Crippen LogP contribution in [0.3, 0.4) is 0 Å². The zero-order valence-corrected chi connectivity index (χ0v) is 18.0. The third-order valence-corrected chi connectivity index (χ3v) is 4.05. The first-order valence-electron chi connectivity index (χ1n) is 10.2. The van der Waals surface area contributed by atoms with Gasteiger partial charge in [0.05, 0.1) is 25.2 Å². The SMILES string of the molecule is CCOC(=O)c1ccc(NC(=O)CCC(=O)OCC(=O)Nc2ccc(OCC)cc2)cc1. The van der Waals surface area contributed by atoms with E-state index in [2.05, 4.69) is 10.6 Å². The molecule has 9 heteroatoms. The fraction of sp³-hybridized carbons (Fsp3) is 0.304. The molecule has 32 heavy (non-hydrogen) atoms. The molecule has 0 atom stereocenters. The smallest absolute Gasteiger partial charge is 0.338 e. The van der Waals surface area contributed by atoms with Crippen molar-refractivity contribution in [3.8, 4) is 5.75 Å². The third-order valence-electron chi connectivity index (χ3n) is 4.05. The van der Waals surface area contributed by atoms with Gasteiger partial charge >= 0.3 is 11.9 Å². The maximum Gasteiger partial charge on any atom is 0.338 e. The molecule has 0 aliphatic rings. The van der Waals surface area contributed by atoms with Crippen molar-refractivity contribution in [1.82, 2.24) is 0 Å². The number of carbonyl (C=O) groups is 4. The van der Waals surface area contributed by atoms with Crippen molar-refractivity contribution in [2.75, 3.05) is 30.5 Å². The van der Waals surface area contributed by atoms with E-state index in [0.717, 1.165) is 0 Å². The van der Waals surface area contributed by atoms with Crippen molar-refractivity contribution in [3.63, 3.8) is 0 Å². The van der Waals surface area contributed by atoms with Gasteiger partial charge in [-0.15, -0.1) is 0 Å². The maximum absolute atomic E-state index is 12.0. The number of ether oxygens (including phenoxy) is 3. The molecule has 0 fully saturated rings. The van der Waals surface area contributed by atoms with Crippen LogP contribution in [-0.2, 0) is 23.9 Å². The Labute approximate surface area is 186 Å². The molecule has 0 aliphatic carbocycles. The molecular formula is C23H26N2O7. The monoisotopic (exact) mass is 442 g/mol. The lowest BCUT2D eigenvalue weighted by molar-refractivity contribution is -0.147. The molecule has 0 radical (unpaired) electrons. The van der Waals surface area contributed by atoms with Crippen LogP contribution >= 0.6 is 0 Å². The highest BCUT2D eigenvalue weighted by molar-refractivity contribution is 5.95. The van der Waals surface area contributed by atoms with Crippen molar-refractivity contribution in [3.05, 3.63) is 54.1 Å². The van der Waals surface area contributed by atoms with Gasteiger partial charge in [0.2, 0.25) is 5.91 Å². The van der Waals surface area contributed by atoms with Crippen molar-refractivity contribution in [2.24, 2.45) is 0 Å². The minimum absolute atomic E-state index is 0.112. The van der Waals surface area contributed by atoms with Crippen molar-refractivity contribution >= 4 is 35.1 Å². The fourth-order valence-electron chi connectivity index (χ4n) is 2.56.